The molecular weight excluding hydrogens is 255 g/mol. The van der Waals surface area contributed by atoms with Crippen molar-refractivity contribution in [1.29, 1.82) is 0 Å². The summed E-state index contributed by atoms with van der Waals surface area (Å²) >= 11 is 1.44. The van der Waals surface area contributed by atoms with Crippen LogP contribution in [0.15, 0.2) is 16.8 Å². The lowest BCUT2D eigenvalue weighted by molar-refractivity contribution is -0.205. The van der Waals surface area contributed by atoms with Gasteiger partial charge in [0.05, 0.1) is 0 Å². The van der Waals surface area contributed by atoms with Crippen LogP contribution in [0.3, 0.4) is 0 Å². The molecule has 3 nitrogen and oxygen atoms in total. The number of thiophene rings is 1. The molecule has 0 spiro atoms. The highest BCUT2D eigenvalue weighted by atomic mass is 32.1. The minimum absolute atomic E-state index is 0.0426. The monoisotopic (exact) mass is 267 g/mol. The molecule has 1 unspecified atom stereocenters. The molecule has 0 aliphatic carbocycles. The van der Waals surface area contributed by atoms with E-state index in [0.717, 1.165) is 5.56 Å². The average Bonchev–Trinajstić information content (AvgIpc) is 2.68. The molecule has 1 aromatic heterocycles. The Morgan fingerprint density at radius 3 is 2.59 bits per heavy atom. The molecule has 1 aromatic rings. The Balaban J connectivity index is 2.60. The van der Waals surface area contributed by atoms with Gasteiger partial charge < -0.3 is 5.11 Å². The van der Waals surface area contributed by atoms with E-state index in [0.29, 0.717) is 13.3 Å². The van der Waals surface area contributed by atoms with E-state index in [9.17, 15) is 18.0 Å². The molecule has 2 N–H and O–H groups in total. The van der Waals surface area contributed by atoms with Gasteiger partial charge >= 0.3 is 12.1 Å². The third kappa shape index (κ3) is 3.19. The van der Waals surface area contributed by atoms with Gasteiger partial charge in [-0.2, -0.15) is 24.5 Å². The number of carboxylic acids is 1. The molecule has 0 saturated heterocycles. The second-order valence-electron chi connectivity index (χ2n) is 3.74. The van der Waals surface area contributed by atoms with E-state index in [1.807, 2.05) is 10.8 Å². The Morgan fingerprint density at radius 2 is 2.18 bits per heavy atom. The van der Waals surface area contributed by atoms with Crippen molar-refractivity contribution in [1.82, 2.24) is 5.32 Å². The van der Waals surface area contributed by atoms with Gasteiger partial charge in [-0.25, -0.2) is 4.79 Å². The van der Waals surface area contributed by atoms with Crippen LogP contribution in [0.1, 0.15) is 12.5 Å². The van der Waals surface area contributed by atoms with Gasteiger partial charge in [-0.3, -0.25) is 5.32 Å². The number of nitrogens with one attached hydrogen (secondary N) is 1. The number of hydrogen-bond donors (Lipinski definition) is 2. The molecule has 0 fully saturated rings. The van der Waals surface area contributed by atoms with Crippen LogP contribution >= 0.6 is 11.3 Å². The number of hydrogen-bond acceptors (Lipinski definition) is 3. The van der Waals surface area contributed by atoms with Crippen LogP contribution in [0.25, 0.3) is 0 Å². The lowest BCUT2D eigenvalue weighted by Gasteiger charge is -2.28. The molecule has 0 aromatic carbocycles. The van der Waals surface area contributed by atoms with Crippen molar-refractivity contribution in [2.45, 2.75) is 25.1 Å². The lowest BCUT2D eigenvalue weighted by atomic mass is 10.0. The standard InChI is InChI=1S/C10H12F3NO2S/c1-9(8(15)16,10(11,12)13)14-4-2-7-3-5-17-6-7/h3,5-6,14H,2,4H2,1H3,(H,15,16). The molecule has 96 valence electrons. The maximum Gasteiger partial charge on any atom is 0.417 e. The van der Waals surface area contributed by atoms with Gasteiger partial charge in [-0.1, -0.05) is 0 Å². The number of carboxylic acid groups (broad SMARTS) is 1. The Bertz CT molecular complexity index is 377. The van der Waals surface area contributed by atoms with Gasteiger partial charge in [0.1, 0.15) is 0 Å². The van der Waals surface area contributed by atoms with Gasteiger partial charge in [-0.15, -0.1) is 0 Å². The topological polar surface area (TPSA) is 49.3 Å². The Kier molecular flexibility index (Phi) is 4.16. The minimum atomic E-state index is -4.83. The molecule has 0 aliphatic heterocycles. The zero-order valence-electron chi connectivity index (χ0n) is 9.04. The van der Waals surface area contributed by atoms with E-state index in [1.54, 1.807) is 6.07 Å². The predicted molar refractivity (Wildman–Crippen MR) is 58.1 cm³/mol. The second kappa shape index (κ2) is 5.05. The van der Waals surface area contributed by atoms with Crippen LogP contribution < -0.4 is 5.32 Å². The first-order valence-electron chi connectivity index (χ1n) is 4.83. The van der Waals surface area contributed by atoms with Gasteiger partial charge in [-0.05, 0) is 35.7 Å². The number of halogens is 3. The molecule has 0 bridgehead atoms. The van der Waals surface area contributed by atoms with Crippen LogP contribution in [0.2, 0.25) is 0 Å². The van der Waals surface area contributed by atoms with Crippen LogP contribution in [0.4, 0.5) is 13.2 Å². The summed E-state index contributed by atoms with van der Waals surface area (Å²) in [5.41, 5.74) is -2.01. The van der Waals surface area contributed by atoms with Gasteiger partial charge in [0.25, 0.3) is 0 Å². The predicted octanol–water partition coefficient (Wildman–Crippen LogP) is 2.29. The largest absolute Gasteiger partial charge is 0.480 e. The fourth-order valence-electron chi connectivity index (χ4n) is 1.19. The van der Waals surface area contributed by atoms with Crippen LogP contribution in [-0.2, 0) is 11.2 Å². The number of carbonyl (C=O) groups is 1. The molecular formula is C10H12F3NO2S. The van der Waals surface area contributed by atoms with Crippen LogP contribution in [-0.4, -0.2) is 29.3 Å². The van der Waals surface area contributed by atoms with Crippen molar-refractivity contribution in [2.75, 3.05) is 6.54 Å². The summed E-state index contributed by atoms with van der Waals surface area (Å²) in [5, 5.41) is 14.3. The van der Waals surface area contributed by atoms with E-state index in [1.165, 1.54) is 11.3 Å². The van der Waals surface area contributed by atoms with E-state index in [-0.39, 0.29) is 6.54 Å². The van der Waals surface area contributed by atoms with Crippen molar-refractivity contribution < 1.29 is 23.1 Å². The molecule has 1 atom stereocenters. The normalized spacial score (nSPS) is 15.5. The molecule has 0 saturated carbocycles. The molecule has 1 heterocycles. The molecule has 0 radical (unpaired) electrons. The number of rotatable bonds is 5. The SMILES string of the molecule is CC(NCCc1ccsc1)(C(=O)O)C(F)(F)F. The van der Waals surface area contributed by atoms with Crippen molar-refractivity contribution in [2.24, 2.45) is 0 Å². The first-order valence-corrected chi connectivity index (χ1v) is 5.78. The Hall–Kier alpha value is -1.08. The van der Waals surface area contributed by atoms with Gasteiger partial charge in [0, 0.05) is 6.54 Å². The van der Waals surface area contributed by atoms with E-state index in [4.69, 9.17) is 5.11 Å². The van der Waals surface area contributed by atoms with Gasteiger partial charge in [0.2, 0.25) is 5.54 Å². The summed E-state index contributed by atoms with van der Waals surface area (Å²) in [7, 11) is 0. The lowest BCUT2D eigenvalue weighted by Crippen LogP contribution is -2.60. The quantitative estimate of drug-likeness (QED) is 0.860. The molecule has 0 amide bonds. The highest BCUT2D eigenvalue weighted by Gasteiger charge is 2.56. The highest BCUT2D eigenvalue weighted by Crippen LogP contribution is 2.30. The molecule has 17 heavy (non-hydrogen) atoms. The summed E-state index contributed by atoms with van der Waals surface area (Å²) in [6, 6.07) is 1.79. The minimum Gasteiger partial charge on any atom is -0.480 e. The second-order valence-corrected chi connectivity index (χ2v) is 4.52. The summed E-state index contributed by atoms with van der Waals surface area (Å²) in [5.74, 6) is -1.92. The van der Waals surface area contributed by atoms with E-state index >= 15 is 0 Å². The summed E-state index contributed by atoms with van der Waals surface area (Å²) in [4.78, 5) is 10.7. The number of alkyl halides is 3. The zero-order chi connectivity index (χ0) is 13.1. The maximum atomic E-state index is 12.6. The van der Waals surface area contributed by atoms with Crippen molar-refractivity contribution >= 4 is 17.3 Å². The average molecular weight is 267 g/mol. The Labute approximate surface area is 100 Å². The zero-order valence-corrected chi connectivity index (χ0v) is 9.86. The van der Waals surface area contributed by atoms with E-state index < -0.39 is 17.7 Å². The van der Waals surface area contributed by atoms with E-state index in [2.05, 4.69) is 5.32 Å². The molecule has 7 heteroatoms. The maximum absolute atomic E-state index is 12.6. The first-order chi connectivity index (χ1) is 7.77. The summed E-state index contributed by atoms with van der Waals surface area (Å²) in [6.07, 6.45) is -4.46. The highest BCUT2D eigenvalue weighted by molar-refractivity contribution is 7.07. The summed E-state index contributed by atoms with van der Waals surface area (Å²) in [6.45, 7) is 0.585. The fraction of sp³-hybridized carbons (Fsp3) is 0.500. The van der Waals surface area contributed by atoms with Crippen molar-refractivity contribution in [3.05, 3.63) is 22.4 Å². The Morgan fingerprint density at radius 1 is 1.53 bits per heavy atom. The molecule has 1 rings (SSSR count). The smallest absolute Gasteiger partial charge is 0.417 e. The van der Waals surface area contributed by atoms with Crippen LogP contribution in [0.5, 0.6) is 0 Å². The number of aliphatic carboxylic acids is 1. The third-order valence-corrected chi connectivity index (χ3v) is 3.20. The van der Waals surface area contributed by atoms with Crippen molar-refractivity contribution in [3.63, 3.8) is 0 Å². The van der Waals surface area contributed by atoms with Crippen molar-refractivity contribution in [3.8, 4) is 0 Å². The first kappa shape index (κ1) is 14.0. The fourth-order valence-corrected chi connectivity index (χ4v) is 1.89. The van der Waals surface area contributed by atoms with Crippen LogP contribution in [0, 0.1) is 0 Å². The third-order valence-electron chi connectivity index (χ3n) is 2.47. The summed E-state index contributed by atoms with van der Waals surface area (Å²) < 4.78 is 37.7. The van der Waals surface area contributed by atoms with Gasteiger partial charge in [0.15, 0.2) is 0 Å². The molecule has 0 aliphatic rings.